The Morgan fingerprint density at radius 1 is 1.10 bits per heavy atom. The smallest absolute Gasteiger partial charge is 0.251 e. The van der Waals surface area contributed by atoms with Crippen molar-refractivity contribution >= 4 is 11.6 Å². The summed E-state index contributed by atoms with van der Waals surface area (Å²) in [5.74, 6) is 1.87. The lowest BCUT2D eigenvalue weighted by Crippen LogP contribution is -2.16. The van der Waals surface area contributed by atoms with E-state index >= 15 is 0 Å². The number of aromatic amines is 1. The van der Waals surface area contributed by atoms with E-state index in [1.54, 1.807) is 6.07 Å². The van der Waals surface area contributed by atoms with Gasteiger partial charge in [0.05, 0.1) is 0 Å². The quantitative estimate of drug-likeness (QED) is 0.656. The number of carbonyl (C=O) groups is 1. The number of ether oxygens (including phenoxy) is 2. The number of nitrogens with one attached hydrogen (secondary N) is 2. The summed E-state index contributed by atoms with van der Waals surface area (Å²) in [6.45, 7) is 3.04. The van der Waals surface area contributed by atoms with Gasteiger partial charge < -0.3 is 19.8 Å². The highest BCUT2D eigenvalue weighted by atomic mass is 16.6. The Kier molecular flexibility index (Phi) is 5.79. The van der Waals surface area contributed by atoms with Crippen molar-refractivity contribution < 1.29 is 14.3 Å². The molecular weight excluding hydrogens is 382 g/mol. The maximum atomic E-state index is 12.4. The molecule has 0 bridgehead atoms. The van der Waals surface area contributed by atoms with Gasteiger partial charge in [-0.15, -0.1) is 0 Å². The van der Waals surface area contributed by atoms with Crippen LogP contribution in [0, 0.1) is 0 Å². The van der Waals surface area contributed by atoms with Gasteiger partial charge in [-0.25, -0.2) is 4.98 Å². The predicted octanol–water partition coefficient (Wildman–Crippen LogP) is 3.34. The first-order chi connectivity index (χ1) is 14.6. The van der Waals surface area contributed by atoms with Crippen molar-refractivity contribution in [3.63, 3.8) is 0 Å². The van der Waals surface area contributed by atoms with Crippen molar-refractivity contribution in [1.29, 1.82) is 0 Å². The van der Waals surface area contributed by atoms with E-state index in [1.807, 2.05) is 43.3 Å². The van der Waals surface area contributed by atoms with Crippen molar-refractivity contribution in [3.8, 4) is 22.9 Å². The van der Waals surface area contributed by atoms with Crippen LogP contribution in [0.25, 0.3) is 11.4 Å². The molecule has 7 heteroatoms. The van der Waals surface area contributed by atoms with Gasteiger partial charge >= 0.3 is 0 Å². The highest BCUT2D eigenvalue weighted by Gasteiger charge is 2.12. The monoisotopic (exact) mass is 405 g/mol. The maximum absolute atomic E-state index is 12.4. The summed E-state index contributed by atoms with van der Waals surface area (Å²) < 4.78 is 11.1. The van der Waals surface area contributed by atoms with Crippen LogP contribution in [-0.4, -0.2) is 29.1 Å². The van der Waals surface area contributed by atoms with Crippen LogP contribution >= 0.6 is 0 Å². The molecule has 0 spiro atoms. The van der Waals surface area contributed by atoms with E-state index in [1.165, 1.54) is 6.07 Å². The van der Waals surface area contributed by atoms with Crippen molar-refractivity contribution in [2.24, 2.45) is 0 Å². The molecule has 0 saturated carbocycles. The van der Waals surface area contributed by atoms with Gasteiger partial charge in [0, 0.05) is 29.4 Å². The number of H-pyrrole nitrogens is 1. The van der Waals surface area contributed by atoms with Gasteiger partial charge in [-0.05, 0) is 42.7 Å². The first-order valence-electron chi connectivity index (χ1n) is 10.00. The van der Waals surface area contributed by atoms with Gasteiger partial charge in [0.25, 0.3) is 5.56 Å². The molecule has 2 heterocycles. The number of anilines is 1. The van der Waals surface area contributed by atoms with E-state index in [0.29, 0.717) is 44.0 Å². The molecule has 3 aromatic rings. The SMILES string of the molecule is CCc1cc(=O)[nH]c(-c2cccc(NC(=O)CCc3ccc4c(c3)OCCO4)c2)n1. The second kappa shape index (κ2) is 8.82. The lowest BCUT2D eigenvalue weighted by Gasteiger charge is -2.18. The van der Waals surface area contributed by atoms with E-state index in [2.05, 4.69) is 15.3 Å². The largest absolute Gasteiger partial charge is 0.486 e. The lowest BCUT2D eigenvalue weighted by atomic mass is 10.1. The highest BCUT2D eigenvalue weighted by molar-refractivity contribution is 5.91. The van der Waals surface area contributed by atoms with Crippen molar-refractivity contribution in [2.45, 2.75) is 26.2 Å². The zero-order valence-corrected chi connectivity index (χ0v) is 16.7. The van der Waals surface area contributed by atoms with Gasteiger partial charge in [-0.2, -0.15) is 0 Å². The molecule has 0 radical (unpaired) electrons. The molecule has 0 atom stereocenters. The molecule has 0 fully saturated rings. The third-order valence-electron chi connectivity index (χ3n) is 4.82. The summed E-state index contributed by atoms with van der Waals surface area (Å²) in [6.07, 6.45) is 1.60. The molecular formula is C23H23N3O4. The van der Waals surface area contributed by atoms with Crippen LogP contribution in [0.3, 0.4) is 0 Å². The molecule has 2 N–H and O–H groups in total. The summed E-state index contributed by atoms with van der Waals surface area (Å²) in [6, 6.07) is 14.5. The summed E-state index contributed by atoms with van der Waals surface area (Å²) in [7, 11) is 0. The Hall–Kier alpha value is -3.61. The molecule has 0 aliphatic carbocycles. The van der Waals surface area contributed by atoms with Crippen LogP contribution < -0.4 is 20.3 Å². The topological polar surface area (TPSA) is 93.3 Å². The lowest BCUT2D eigenvalue weighted by molar-refractivity contribution is -0.116. The van der Waals surface area contributed by atoms with E-state index in [4.69, 9.17) is 9.47 Å². The van der Waals surface area contributed by atoms with E-state index in [-0.39, 0.29) is 11.5 Å². The third kappa shape index (κ3) is 4.68. The molecule has 2 aromatic carbocycles. The number of hydrogen-bond donors (Lipinski definition) is 2. The number of carbonyl (C=O) groups excluding carboxylic acids is 1. The van der Waals surface area contributed by atoms with Crippen molar-refractivity contribution in [1.82, 2.24) is 9.97 Å². The fourth-order valence-electron chi connectivity index (χ4n) is 3.29. The van der Waals surface area contributed by atoms with Gasteiger partial charge in [-0.1, -0.05) is 25.1 Å². The van der Waals surface area contributed by atoms with Gasteiger partial charge in [0.1, 0.15) is 19.0 Å². The minimum atomic E-state index is -0.189. The Balaban J connectivity index is 1.41. The molecule has 1 aliphatic heterocycles. The zero-order chi connectivity index (χ0) is 20.9. The Morgan fingerprint density at radius 2 is 1.93 bits per heavy atom. The maximum Gasteiger partial charge on any atom is 0.251 e. The van der Waals surface area contributed by atoms with Gasteiger partial charge in [0.15, 0.2) is 11.5 Å². The fraction of sp³-hybridized carbons (Fsp3) is 0.261. The molecule has 4 rings (SSSR count). The molecule has 1 aliphatic rings. The van der Waals surface area contributed by atoms with Gasteiger partial charge in [-0.3, -0.25) is 9.59 Å². The number of hydrogen-bond acceptors (Lipinski definition) is 5. The molecule has 154 valence electrons. The summed E-state index contributed by atoms with van der Waals surface area (Å²) in [5.41, 5.74) is 2.95. The van der Waals surface area contributed by atoms with Crippen LogP contribution in [0.5, 0.6) is 11.5 Å². The van der Waals surface area contributed by atoms with Crippen molar-refractivity contribution in [3.05, 3.63) is 70.1 Å². The predicted molar refractivity (Wildman–Crippen MR) is 114 cm³/mol. The number of rotatable bonds is 6. The molecule has 0 saturated heterocycles. The van der Waals surface area contributed by atoms with Crippen LogP contribution in [0.4, 0.5) is 5.69 Å². The molecule has 0 unspecified atom stereocenters. The standard InChI is InChI=1S/C23H23N3O4/c1-2-17-14-22(28)26-23(25-17)16-4-3-5-18(13-16)24-21(27)9-7-15-6-8-19-20(12-15)30-11-10-29-19/h3-6,8,12-14H,2,7,9-11H2,1H3,(H,24,27)(H,25,26,28). The molecule has 7 nitrogen and oxygen atoms in total. The Labute approximate surface area is 174 Å². The summed E-state index contributed by atoms with van der Waals surface area (Å²) in [5, 5.41) is 2.91. The van der Waals surface area contributed by atoms with Crippen molar-refractivity contribution in [2.75, 3.05) is 18.5 Å². The van der Waals surface area contributed by atoms with Gasteiger partial charge in [0.2, 0.25) is 5.91 Å². The number of fused-ring (bicyclic) bond motifs is 1. The summed E-state index contributed by atoms with van der Waals surface area (Å²) >= 11 is 0. The average Bonchev–Trinajstić information content (AvgIpc) is 2.77. The van der Waals surface area contributed by atoms with Crippen LogP contribution in [0.2, 0.25) is 0 Å². The normalized spacial score (nSPS) is 12.4. The van der Waals surface area contributed by atoms with E-state index < -0.39 is 0 Å². The zero-order valence-electron chi connectivity index (χ0n) is 16.7. The third-order valence-corrected chi connectivity index (χ3v) is 4.82. The number of aromatic nitrogens is 2. The minimum Gasteiger partial charge on any atom is -0.486 e. The molecule has 1 aromatic heterocycles. The first-order valence-corrected chi connectivity index (χ1v) is 10.00. The van der Waals surface area contributed by atoms with E-state index in [0.717, 1.165) is 28.3 Å². The Morgan fingerprint density at radius 3 is 2.77 bits per heavy atom. The number of aryl methyl sites for hydroxylation is 2. The summed E-state index contributed by atoms with van der Waals surface area (Å²) in [4.78, 5) is 31.5. The minimum absolute atomic E-state index is 0.0919. The number of nitrogens with zero attached hydrogens (tertiary/aromatic N) is 1. The first kappa shape index (κ1) is 19.7. The Bertz CT molecular complexity index is 1120. The second-order valence-corrected chi connectivity index (χ2v) is 7.05. The van der Waals surface area contributed by atoms with Crippen LogP contribution in [0.1, 0.15) is 24.6 Å². The van der Waals surface area contributed by atoms with Crippen LogP contribution in [-0.2, 0) is 17.6 Å². The number of benzene rings is 2. The number of amides is 1. The second-order valence-electron chi connectivity index (χ2n) is 7.05. The molecule has 30 heavy (non-hydrogen) atoms. The highest BCUT2D eigenvalue weighted by Crippen LogP contribution is 2.31. The van der Waals surface area contributed by atoms with E-state index in [9.17, 15) is 9.59 Å². The average molecular weight is 405 g/mol. The fourth-order valence-corrected chi connectivity index (χ4v) is 3.29. The molecule has 1 amide bonds. The van der Waals surface area contributed by atoms with Crippen LogP contribution in [0.15, 0.2) is 53.3 Å².